The molecule has 0 aliphatic rings. The molecule has 0 N–H and O–H groups in total. The summed E-state index contributed by atoms with van der Waals surface area (Å²) in [7, 11) is -1.51. The van der Waals surface area contributed by atoms with E-state index in [9.17, 15) is 0 Å². The van der Waals surface area contributed by atoms with Crippen molar-refractivity contribution in [2.24, 2.45) is 0 Å². The largest absolute Gasteiger partial charge is 0.545 e. The van der Waals surface area contributed by atoms with Crippen LogP contribution in [0.5, 0.6) is 0 Å². The second-order valence-electron chi connectivity index (χ2n) is 4.42. The summed E-state index contributed by atoms with van der Waals surface area (Å²) >= 11 is 0. The molecule has 1 aromatic rings. The third-order valence-corrected chi connectivity index (χ3v) is 2.57. The lowest BCUT2D eigenvalue weighted by atomic mass is 10.2. The van der Waals surface area contributed by atoms with Gasteiger partial charge in [-0.1, -0.05) is 43.0 Å². The first-order chi connectivity index (χ1) is 6.97. The van der Waals surface area contributed by atoms with E-state index < -0.39 is 8.32 Å². The van der Waals surface area contributed by atoms with Crippen molar-refractivity contribution in [2.75, 3.05) is 0 Å². The number of hydrogen-bond donors (Lipinski definition) is 0. The molecule has 0 amide bonds. The molecule has 1 aromatic carbocycles. The Balaban J connectivity index is 2.56. The summed E-state index contributed by atoms with van der Waals surface area (Å²) in [5.41, 5.74) is 1.16. The Labute approximate surface area is 93.2 Å². The molecule has 0 bridgehead atoms. The smallest absolute Gasteiger partial charge is 0.242 e. The molecule has 2 heteroatoms. The van der Waals surface area contributed by atoms with Crippen molar-refractivity contribution in [1.29, 1.82) is 0 Å². The Morgan fingerprint density at radius 3 is 2.33 bits per heavy atom. The predicted octanol–water partition coefficient (Wildman–Crippen LogP) is 4.07. The molecule has 0 aromatic heterocycles. The Hall–Kier alpha value is -1.28. The van der Waals surface area contributed by atoms with Crippen LogP contribution in [0, 0.1) is 0 Å². The van der Waals surface area contributed by atoms with Crippen LogP contribution in [0.3, 0.4) is 0 Å². The van der Waals surface area contributed by atoms with Crippen molar-refractivity contribution in [3.8, 4) is 0 Å². The Morgan fingerprint density at radius 2 is 1.80 bits per heavy atom. The minimum absolute atomic E-state index is 0.748. The minimum Gasteiger partial charge on any atom is -0.545 e. The highest BCUT2D eigenvalue weighted by Crippen LogP contribution is 2.11. The SMILES string of the molecule is C=C(C=Cc1ccccc1)O[Si](C)(C)C. The van der Waals surface area contributed by atoms with Crippen LogP contribution in [0.4, 0.5) is 0 Å². The van der Waals surface area contributed by atoms with Gasteiger partial charge in [0, 0.05) is 0 Å². The molecular weight excluding hydrogens is 200 g/mol. The highest BCUT2D eigenvalue weighted by molar-refractivity contribution is 6.70. The monoisotopic (exact) mass is 218 g/mol. The lowest BCUT2D eigenvalue weighted by molar-refractivity contribution is 0.445. The fourth-order valence-corrected chi connectivity index (χ4v) is 2.04. The van der Waals surface area contributed by atoms with Gasteiger partial charge in [0.25, 0.3) is 0 Å². The molecule has 80 valence electrons. The van der Waals surface area contributed by atoms with E-state index >= 15 is 0 Å². The van der Waals surface area contributed by atoms with Crippen molar-refractivity contribution in [2.45, 2.75) is 19.6 Å². The first kappa shape index (κ1) is 11.8. The average Bonchev–Trinajstić information content (AvgIpc) is 2.14. The number of rotatable bonds is 4. The van der Waals surface area contributed by atoms with E-state index in [-0.39, 0.29) is 0 Å². The first-order valence-electron chi connectivity index (χ1n) is 5.08. The lowest BCUT2D eigenvalue weighted by Crippen LogP contribution is -2.23. The molecule has 0 fully saturated rings. The van der Waals surface area contributed by atoms with Gasteiger partial charge in [-0.05, 0) is 31.3 Å². The van der Waals surface area contributed by atoms with E-state index in [1.807, 2.05) is 30.4 Å². The van der Waals surface area contributed by atoms with Crippen LogP contribution in [0.25, 0.3) is 6.08 Å². The lowest BCUT2D eigenvalue weighted by Gasteiger charge is -2.18. The van der Waals surface area contributed by atoms with Gasteiger partial charge in [-0.15, -0.1) is 0 Å². The molecule has 0 unspecified atom stereocenters. The van der Waals surface area contributed by atoms with E-state index in [4.69, 9.17) is 4.43 Å². The topological polar surface area (TPSA) is 9.23 Å². The standard InChI is InChI=1S/C13H18OSi/c1-12(14-15(2,3)4)10-11-13-8-6-5-7-9-13/h5-11H,1H2,2-4H3. The Morgan fingerprint density at radius 1 is 1.20 bits per heavy atom. The summed E-state index contributed by atoms with van der Waals surface area (Å²) in [5.74, 6) is 0.748. The van der Waals surface area contributed by atoms with Crippen LogP contribution in [-0.2, 0) is 4.43 Å². The van der Waals surface area contributed by atoms with Gasteiger partial charge in [-0.3, -0.25) is 0 Å². The van der Waals surface area contributed by atoms with Crippen molar-refractivity contribution in [3.63, 3.8) is 0 Å². The molecule has 0 aliphatic carbocycles. The second-order valence-corrected chi connectivity index (χ2v) is 8.85. The normalized spacial score (nSPS) is 11.7. The molecule has 1 rings (SSSR count). The molecule has 1 nitrogen and oxygen atoms in total. The molecule has 0 radical (unpaired) electrons. The van der Waals surface area contributed by atoms with Gasteiger partial charge in [-0.25, -0.2) is 0 Å². The number of allylic oxidation sites excluding steroid dienone is 1. The zero-order chi connectivity index (χ0) is 11.3. The Bertz CT molecular complexity index is 347. The van der Waals surface area contributed by atoms with E-state index in [0.717, 1.165) is 11.3 Å². The summed E-state index contributed by atoms with van der Waals surface area (Å²) in [6, 6.07) is 10.1. The van der Waals surface area contributed by atoms with Gasteiger partial charge in [0.2, 0.25) is 8.32 Å². The van der Waals surface area contributed by atoms with Crippen LogP contribution in [-0.4, -0.2) is 8.32 Å². The first-order valence-corrected chi connectivity index (χ1v) is 8.49. The van der Waals surface area contributed by atoms with Crippen LogP contribution < -0.4 is 0 Å². The van der Waals surface area contributed by atoms with E-state index in [0.29, 0.717) is 0 Å². The van der Waals surface area contributed by atoms with E-state index in [1.54, 1.807) is 0 Å². The average molecular weight is 218 g/mol. The summed E-state index contributed by atoms with van der Waals surface area (Å²) in [5, 5.41) is 0. The molecule has 0 saturated heterocycles. The maximum Gasteiger partial charge on any atom is 0.242 e. The molecule has 0 heterocycles. The zero-order valence-corrected chi connectivity index (χ0v) is 10.7. The van der Waals surface area contributed by atoms with Crippen molar-refractivity contribution in [1.82, 2.24) is 0 Å². The summed E-state index contributed by atoms with van der Waals surface area (Å²) in [6.45, 7) is 10.3. The van der Waals surface area contributed by atoms with Crippen LogP contribution in [0.2, 0.25) is 19.6 Å². The highest BCUT2D eigenvalue weighted by Gasteiger charge is 2.15. The fourth-order valence-electron chi connectivity index (χ4n) is 1.18. The molecule has 0 aliphatic heterocycles. The van der Waals surface area contributed by atoms with Crippen LogP contribution >= 0.6 is 0 Å². The van der Waals surface area contributed by atoms with E-state index in [1.165, 1.54) is 0 Å². The van der Waals surface area contributed by atoms with Gasteiger partial charge < -0.3 is 4.43 Å². The van der Waals surface area contributed by atoms with Crippen molar-refractivity contribution in [3.05, 3.63) is 54.3 Å². The predicted molar refractivity (Wildman–Crippen MR) is 69.0 cm³/mol. The maximum atomic E-state index is 5.72. The number of hydrogen-bond acceptors (Lipinski definition) is 1. The van der Waals surface area contributed by atoms with Gasteiger partial charge in [0.05, 0.1) is 5.76 Å². The molecule has 15 heavy (non-hydrogen) atoms. The van der Waals surface area contributed by atoms with Gasteiger partial charge in [-0.2, -0.15) is 0 Å². The van der Waals surface area contributed by atoms with Gasteiger partial charge in [0.15, 0.2) is 0 Å². The highest BCUT2D eigenvalue weighted by atomic mass is 28.4. The fraction of sp³-hybridized carbons (Fsp3) is 0.231. The van der Waals surface area contributed by atoms with Crippen LogP contribution in [0.15, 0.2) is 48.7 Å². The Kier molecular flexibility index (Phi) is 3.92. The third kappa shape index (κ3) is 5.23. The number of benzene rings is 1. The van der Waals surface area contributed by atoms with Crippen LogP contribution in [0.1, 0.15) is 5.56 Å². The van der Waals surface area contributed by atoms with Gasteiger partial charge >= 0.3 is 0 Å². The second kappa shape index (κ2) is 4.98. The molecule has 0 atom stereocenters. The van der Waals surface area contributed by atoms with E-state index in [2.05, 4.69) is 38.4 Å². The maximum absolute atomic E-state index is 5.72. The molecular formula is C13H18OSi. The molecule has 0 saturated carbocycles. The van der Waals surface area contributed by atoms with Crippen molar-refractivity contribution >= 4 is 14.4 Å². The molecule has 0 spiro atoms. The summed E-state index contributed by atoms with van der Waals surface area (Å²) in [4.78, 5) is 0. The minimum atomic E-state index is -1.51. The summed E-state index contributed by atoms with van der Waals surface area (Å²) in [6.07, 6.45) is 3.94. The zero-order valence-electron chi connectivity index (χ0n) is 9.66. The van der Waals surface area contributed by atoms with Crippen molar-refractivity contribution < 1.29 is 4.43 Å². The quantitative estimate of drug-likeness (QED) is 0.420. The van der Waals surface area contributed by atoms with Gasteiger partial charge in [0.1, 0.15) is 0 Å². The summed E-state index contributed by atoms with van der Waals surface area (Å²) < 4.78 is 5.72. The third-order valence-electron chi connectivity index (χ3n) is 1.70.